The van der Waals surface area contributed by atoms with Crippen molar-refractivity contribution in [3.8, 4) is 5.75 Å². The number of benzene rings is 3. The molecule has 0 heterocycles. The van der Waals surface area contributed by atoms with Gasteiger partial charge in [0.15, 0.2) is 6.79 Å². The van der Waals surface area contributed by atoms with Gasteiger partial charge in [-0.05, 0) is 34.6 Å². The number of ether oxygens (including phenoxy) is 1. The van der Waals surface area contributed by atoms with Crippen molar-refractivity contribution >= 4 is 25.1 Å². The van der Waals surface area contributed by atoms with E-state index in [0.717, 1.165) is 11.4 Å². The SMILES string of the molecule is Nc1ccc(OCO[SiH](c2ccccc2)c2ccccc2)cc1. The fraction of sp³-hybridized carbons (Fsp3) is 0.0526. The Morgan fingerprint density at radius 3 is 1.74 bits per heavy atom. The lowest BCUT2D eigenvalue weighted by atomic mass is 10.3. The summed E-state index contributed by atoms with van der Waals surface area (Å²) in [5, 5.41) is 2.47. The van der Waals surface area contributed by atoms with Gasteiger partial charge in [-0.15, -0.1) is 0 Å². The Morgan fingerprint density at radius 2 is 1.22 bits per heavy atom. The summed E-state index contributed by atoms with van der Waals surface area (Å²) in [5.74, 6) is 0.757. The smallest absolute Gasteiger partial charge is 0.244 e. The zero-order chi connectivity index (χ0) is 15.9. The zero-order valence-corrected chi connectivity index (χ0v) is 13.9. The van der Waals surface area contributed by atoms with Crippen LogP contribution in [0.3, 0.4) is 0 Å². The van der Waals surface area contributed by atoms with Gasteiger partial charge in [0.1, 0.15) is 5.75 Å². The van der Waals surface area contributed by atoms with Crippen molar-refractivity contribution in [3.05, 3.63) is 84.9 Å². The molecule has 0 saturated heterocycles. The standard InChI is InChI=1S/C19H19NO2Si/c20-16-11-13-17(14-12-16)21-15-22-23(18-7-3-1-4-8-18)19-9-5-2-6-10-19/h1-14,23H,15,20H2. The van der Waals surface area contributed by atoms with Crippen molar-refractivity contribution in [2.24, 2.45) is 0 Å². The molecule has 0 radical (unpaired) electrons. The highest BCUT2D eigenvalue weighted by atomic mass is 28.3. The monoisotopic (exact) mass is 321 g/mol. The molecule has 0 bridgehead atoms. The van der Waals surface area contributed by atoms with Gasteiger partial charge in [-0.25, -0.2) is 0 Å². The summed E-state index contributed by atoms with van der Waals surface area (Å²) in [7, 11) is -1.75. The molecule has 3 rings (SSSR count). The van der Waals surface area contributed by atoms with Crippen LogP contribution in [0, 0.1) is 0 Å². The number of nitrogens with two attached hydrogens (primary N) is 1. The van der Waals surface area contributed by atoms with Crippen LogP contribution in [0.4, 0.5) is 5.69 Å². The second-order valence-electron chi connectivity index (χ2n) is 5.20. The Hall–Kier alpha value is -2.56. The summed E-state index contributed by atoms with van der Waals surface area (Å²) in [5.41, 5.74) is 6.40. The summed E-state index contributed by atoms with van der Waals surface area (Å²) in [4.78, 5) is 0. The number of nitrogen functional groups attached to an aromatic ring is 1. The summed E-state index contributed by atoms with van der Waals surface area (Å²) in [6.07, 6.45) is 0. The number of anilines is 1. The van der Waals surface area contributed by atoms with Crippen LogP contribution >= 0.6 is 0 Å². The minimum atomic E-state index is -1.75. The Balaban J connectivity index is 1.71. The van der Waals surface area contributed by atoms with Gasteiger partial charge in [0.25, 0.3) is 0 Å². The maximum atomic E-state index is 6.13. The van der Waals surface area contributed by atoms with Gasteiger partial charge >= 0.3 is 0 Å². The number of hydrogen-bond acceptors (Lipinski definition) is 3. The molecule has 23 heavy (non-hydrogen) atoms. The normalized spacial score (nSPS) is 10.7. The van der Waals surface area contributed by atoms with Gasteiger partial charge < -0.3 is 14.9 Å². The number of hydrogen-bond donors (Lipinski definition) is 1. The predicted octanol–water partition coefficient (Wildman–Crippen LogP) is 2.16. The summed E-state index contributed by atoms with van der Waals surface area (Å²) >= 11 is 0. The Kier molecular flexibility index (Phi) is 5.08. The van der Waals surface area contributed by atoms with Crippen molar-refractivity contribution < 1.29 is 9.16 Å². The van der Waals surface area contributed by atoms with E-state index in [2.05, 4.69) is 24.3 Å². The minimum Gasteiger partial charge on any atom is -0.469 e. The molecule has 3 aromatic rings. The highest BCUT2D eigenvalue weighted by Crippen LogP contribution is 2.13. The highest BCUT2D eigenvalue weighted by molar-refractivity contribution is 6.80. The fourth-order valence-electron chi connectivity index (χ4n) is 2.37. The molecule has 0 aliphatic rings. The lowest BCUT2D eigenvalue weighted by Gasteiger charge is -2.17. The third kappa shape index (κ3) is 4.22. The highest BCUT2D eigenvalue weighted by Gasteiger charge is 2.17. The molecule has 0 spiro atoms. The topological polar surface area (TPSA) is 44.5 Å². The summed E-state index contributed by atoms with van der Waals surface area (Å²) in [6, 6.07) is 28.0. The van der Waals surface area contributed by atoms with Crippen LogP contribution in [-0.2, 0) is 4.43 Å². The van der Waals surface area contributed by atoms with E-state index in [1.807, 2.05) is 60.7 Å². The van der Waals surface area contributed by atoms with Gasteiger partial charge in [0, 0.05) is 5.69 Å². The van der Waals surface area contributed by atoms with Crippen LogP contribution in [-0.4, -0.2) is 15.8 Å². The average Bonchev–Trinajstić information content (AvgIpc) is 2.62. The van der Waals surface area contributed by atoms with Crippen molar-refractivity contribution in [1.29, 1.82) is 0 Å². The van der Waals surface area contributed by atoms with Gasteiger partial charge in [0.2, 0.25) is 9.04 Å². The average molecular weight is 321 g/mol. The molecule has 0 fully saturated rings. The van der Waals surface area contributed by atoms with Crippen LogP contribution < -0.4 is 20.8 Å². The van der Waals surface area contributed by atoms with Crippen molar-refractivity contribution in [2.45, 2.75) is 0 Å². The molecule has 0 saturated carbocycles. The zero-order valence-electron chi connectivity index (χ0n) is 12.8. The second kappa shape index (κ2) is 7.62. The summed E-state index contributed by atoms with van der Waals surface area (Å²) < 4.78 is 11.8. The van der Waals surface area contributed by atoms with Gasteiger partial charge in [0.05, 0.1) is 0 Å². The van der Waals surface area contributed by atoms with Crippen molar-refractivity contribution in [2.75, 3.05) is 12.5 Å². The molecule has 0 unspecified atom stereocenters. The van der Waals surface area contributed by atoms with Crippen molar-refractivity contribution in [1.82, 2.24) is 0 Å². The molecular formula is C19H19NO2Si. The Labute approximate surface area is 138 Å². The first-order valence-corrected chi connectivity index (χ1v) is 9.15. The summed E-state index contributed by atoms with van der Waals surface area (Å²) in [6.45, 7) is 0.227. The quantitative estimate of drug-likeness (QED) is 0.430. The molecule has 4 heteroatoms. The van der Waals surface area contributed by atoms with Crippen LogP contribution in [0.25, 0.3) is 0 Å². The molecule has 3 aromatic carbocycles. The first kappa shape index (κ1) is 15.3. The van der Waals surface area contributed by atoms with Crippen LogP contribution in [0.2, 0.25) is 0 Å². The van der Waals surface area contributed by atoms with E-state index in [4.69, 9.17) is 14.9 Å². The van der Waals surface area contributed by atoms with Crippen LogP contribution in [0.5, 0.6) is 5.75 Å². The molecule has 0 aliphatic heterocycles. The van der Waals surface area contributed by atoms with E-state index in [0.29, 0.717) is 0 Å². The first-order valence-electron chi connectivity index (χ1n) is 7.53. The predicted molar refractivity (Wildman–Crippen MR) is 96.7 cm³/mol. The maximum Gasteiger partial charge on any atom is 0.244 e. The van der Waals surface area contributed by atoms with Crippen LogP contribution in [0.1, 0.15) is 0 Å². The number of rotatable bonds is 6. The molecule has 2 N–H and O–H groups in total. The lowest BCUT2D eigenvalue weighted by Crippen LogP contribution is -2.45. The van der Waals surface area contributed by atoms with E-state index in [9.17, 15) is 0 Å². The Morgan fingerprint density at radius 1 is 0.696 bits per heavy atom. The fourth-order valence-corrected chi connectivity index (χ4v) is 4.49. The third-order valence-electron chi connectivity index (χ3n) is 3.55. The van der Waals surface area contributed by atoms with E-state index < -0.39 is 9.04 Å². The molecule has 116 valence electrons. The molecule has 0 amide bonds. The van der Waals surface area contributed by atoms with E-state index in [1.54, 1.807) is 0 Å². The van der Waals surface area contributed by atoms with Gasteiger partial charge in [-0.3, -0.25) is 0 Å². The molecular weight excluding hydrogens is 302 g/mol. The van der Waals surface area contributed by atoms with Gasteiger partial charge in [-0.1, -0.05) is 60.7 Å². The van der Waals surface area contributed by atoms with E-state index in [-0.39, 0.29) is 6.79 Å². The minimum absolute atomic E-state index is 0.227. The van der Waals surface area contributed by atoms with E-state index >= 15 is 0 Å². The molecule has 3 nitrogen and oxygen atoms in total. The maximum absolute atomic E-state index is 6.13. The first-order chi connectivity index (χ1) is 11.3. The van der Waals surface area contributed by atoms with Crippen molar-refractivity contribution in [3.63, 3.8) is 0 Å². The lowest BCUT2D eigenvalue weighted by molar-refractivity contribution is 0.123. The third-order valence-corrected chi connectivity index (χ3v) is 6.00. The van der Waals surface area contributed by atoms with Gasteiger partial charge in [-0.2, -0.15) is 0 Å². The molecule has 0 atom stereocenters. The molecule has 0 aromatic heterocycles. The second-order valence-corrected chi connectivity index (χ2v) is 7.63. The largest absolute Gasteiger partial charge is 0.469 e. The van der Waals surface area contributed by atoms with Crippen LogP contribution in [0.15, 0.2) is 84.9 Å². The molecule has 0 aliphatic carbocycles. The Bertz CT molecular complexity index is 678. The van der Waals surface area contributed by atoms with E-state index in [1.165, 1.54) is 10.4 Å².